The van der Waals surface area contributed by atoms with Crippen LogP contribution >= 0.6 is 0 Å². The molecular formula is C16H28N2O. The lowest BCUT2D eigenvalue weighted by atomic mass is 10.1. The molecule has 0 aliphatic rings. The van der Waals surface area contributed by atoms with Crippen molar-refractivity contribution in [2.24, 2.45) is 0 Å². The van der Waals surface area contributed by atoms with Gasteiger partial charge in [0.15, 0.2) is 0 Å². The first kappa shape index (κ1) is 16.0. The average molecular weight is 264 g/mol. The molecule has 1 aromatic rings. The van der Waals surface area contributed by atoms with E-state index >= 15 is 0 Å². The second-order valence-electron chi connectivity index (χ2n) is 4.91. The third-order valence-corrected chi connectivity index (χ3v) is 3.40. The molecule has 1 atom stereocenters. The largest absolute Gasteiger partial charge is 0.392 e. The van der Waals surface area contributed by atoms with E-state index in [4.69, 9.17) is 0 Å². The van der Waals surface area contributed by atoms with Gasteiger partial charge in [0.1, 0.15) is 0 Å². The second-order valence-corrected chi connectivity index (χ2v) is 4.91. The van der Waals surface area contributed by atoms with Gasteiger partial charge in [0.2, 0.25) is 0 Å². The van der Waals surface area contributed by atoms with E-state index in [9.17, 15) is 5.11 Å². The molecule has 0 spiro atoms. The molecule has 19 heavy (non-hydrogen) atoms. The molecule has 0 fully saturated rings. The predicted octanol–water partition coefficient (Wildman–Crippen LogP) is 2.78. The van der Waals surface area contributed by atoms with Crippen LogP contribution in [0.3, 0.4) is 0 Å². The zero-order valence-electron chi connectivity index (χ0n) is 12.5. The number of aliphatic hydroxyl groups is 1. The highest BCUT2D eigenvalue weighted by Crippen LogP contribution is 2.14. The zero-order valence-corrected chi connectivity index (χ0v) is 12.5. The summed E-state index contributed by atoms with van der Waals surface area (Å²) in [5.41, 5.74) is 2.54. The van der Waals surface area contributed by atoms with Gasteiger partial charge in [-0.2, -0.15) is 0 Å². The molecule has 3 heteroatoms. The normalized spacial score (nSPS) is 12.4. The summed E-state index contributed by atoms with van der Waals surface area (Å²) in [4.78, 5) is 2.34. The van der Waals surface area contributed by atoms with Gasteiger partial charge in [-0.05, 0) is 38.0 Å². The van der Waals surface area contributed by atoms with Crippen LogP contribution in [0.5, 0.6) is 0 Å². The highest BCUT2D eigenvalue weighted by atomic mass is 16.3. The van der Waals surface area contributed by atoms with Crippen molar-refractivity contribution in [1.82, 2.24) is 5.32 Å². The summed E-state index contributed by atoms with van der Waals surface area (Å²) in [5.74, 6) is 0. The summed E-state index contributed by atoms with van der Waals surface area (Å²) in [6, 6.07) is 8.67. The third kappa shape index (κ3) is 5.62. The fourth-order valence-electron chi connectivity index (χ4n) is 2.23. The summed E-state index contributed by atoms with van der Waals surface area (Å²) in [5, 5.41) is 12.9. The molecule has 0 radical (unpaired) electrons. The number of aliphatic hydroxyl groups excluding tert-OH is 1. The molecule has 0 saturated heterocycles. The van der Waals surface area contributed by atoms with E-state index < -0.39 is 0 Å². The van der Waals surface area contributed by atoms with Crippen molar-refractivity contribution >= 4 is 5.69 Å². The number of nitrogens with one attached hydrogen (secondary N) is 1. The van der Waals surface area contributed by atoms with E-state index in [2.05, 4.69) is 55.3 Å². The van der Waals surface area contributed by atoms with Gasteiger partial charge in [0, 0.05) is 31.9 Å². The Hall–Kier alpha value is -1.06. The average Bonchev–Trinajstić information content (AvgIpc) is 2.42. The van der Waals surface area contributed by atoms with Crippen LogP contribution < -0.4 is 10.2 Å². The Morgan fingerprint density at radius 1 is 1.11 bits per heavy atom. The predicted molar refractivity (Wildman–Crippen MR) is 82.6 cm³/mol. The maximum Gasteiger partial charge on any atom is 0.0664 e. The third-order valence-electron chi connectivity index (χ3n) is 3.40. The van der Waals surface area contributed by atoms with E-state index in [1.165, 1.54) is 11.3 Å². The molecule has 3 nitrogen and oxygen atoms in total. The Kier molecular flexibility index (Phi) is 7.53. The standard InChI is InChI=1S/C16H28N2O/c1-4-7-16(19)13-17-12-14-8-10-15(11-9-14)18(5-2)6-3/h8-11,16-17,19H,4-7,12-13H2,1-3H3. The van der Waals surface area contributed by atoms with Crippen molar-refractivity contribution in [2.75, 3.05) is 24.5 Å². The molecule has 2 N–H and O–H groups in total. The highest BCUT2D eigenvalue weighted by Gasteiger charge is 2.03. The number of hydrogen-bond donors (Lipinski definition) is 2. The van der Waals surface area contributed by atoms with Crippen molar-refractivity contribution in [2.45, 2.75) is 46.3 Å². The highest BCUT2D eigenvalue weighted by molar-refractivity contribution is 5.47. The zero-order chi connectivity index (χ0) is 14.1. The van der Waals surface area contributed by atoms with Crippen molar-refractivity contribution in [1.29, 1.82) is 0 Å². The fourth-order valence-corrected chi connectivity index (χ4v) is 2.23. The Bertz CT molecular complexity index is 333. The van der Waals surface area contributed by atoms with Gasteiger partial charge in [0.05, 0.1) is 6.10 Å². The van der Waals surface area contributed by atoms with E-state index in [1.54, 1.807) is 0 Å². The quantitative estimate of drug-likeness (QED) is 0.720. The molecule has 0 aliphatic carbocycles. The Balaban J connectivity index is 2.40. The summed E-state index contributed by atoms with van der Waals surface area (Å²) in [6.45, 7) is 10.0. The molecule has 1 aromatic carbocycles. The molecule has 1 unspecified atom stereocenters. The Morgan fingerprint density at radius 3 is 2.26 bits per heavy atom. The van der Waals surface area contributed by atoms with Gasteiger partial charge in [-0.3, -0.25) is 0 Å². The minimum absolute atomic E-state index is 0.222. The monoisotopic (exact) mass is 264 g/mol. The Morgan fingerprint density at radius 2 is 1.74 bits per heavy atom. The van der Waals surface area contributed by atoms with Gasteiger partial charge in [-0.1, -0.05) is 25.5 Å². The number of anilines is 1. The summed E-state index contributed by atoms with van der Waals surface area (Å²) < 4.78 is 0. The summed E-state index contributed by atoms with van der Waals surface area (Å²) in [6.07, 6.45) is 1.68. The topological polar surface area (TPSA) is 35.5 Å². The molecule has 0 bridgehead atoms. The first-order valence-corrected chi connectivity index (χ1v) is 7.43. The number of rotatable bonds is 9. The molecule has 108 valence electrons. The SMILES string of the molecule is CCCC(O)CNCc1ccc(N(CC)CC)cc1. The second kappa shape index (κ2) is 8.94. The van der Waals surface area contributed by atoms with Gasteiger partial charge in [0.25, 0.3) is 0 Å². The van der Waals surface area contributed by atoms with Crippen LogP contribution in [-0.2, 0) is 6.54 Å². The van der Waals surface area contributed by atoms with Gasteiger partial charge in [-0.25, -0.2) is 0 Å². The van der Waals surface area contributed by atoms with E-state index in [1.807, 2.05) is 0 Å². The molecule has 0 saturated carbocycles. The van der Waals surface area contributed by atoms with Crippen molar-refractivity contribution < 1.29 is 5.11 Å². The molecule has 1 rings (SSSR count). The van der Waals surface area contributed by atoms with Crippen LogP contribution in [0.4, 0.5) is 5.69 Å². The van der Waals surface area contributed by atoms with Crippen LogP contribution in [0.25, 0.3) is 0 Å². The van der Waals surface area contributed by atoms with Crippen LogP contribution in [0.1, 0.15) is 39.2 Å². The molecule has 0 aliphatic heterocycles. The van der Waals surface area contributed by atoms with E-state index in [0.29, 0.717) is 6.54 Å². The van der Waals surface area contributed by atoms with Crippen molar-refractivity contribution in [3.63, 3.8) is 0 Å². The molecule has 0 heterocycles. The van der Waals surface area contributed by atoms with Gasteiger partial charge >= 0.3 is 0 Å². The lowest BCUT2D eigenvalue weighted by Crippen LogP contribution is -2.26. The van der Waals surface area contributed by atoms with E-state index in [0.717, 1.165) is 32.5 Å². The van der Waals surface area contributed by atoms with Crippen LogP contribution in [0.15, 0.2) is 24.3 Å². The number of nitrogens with zero attached hydrogens (tertiary/aromatic N) is 1. The molecule has 0 aromatic heterocycles. The number of hydrogen-bond acceptors (Lipinski definition) is 3. The van der Waals surface area contributed by atoms with Crippen LogP contribution in [-0.4, -0.2) is 30.8 Å². The van der Waals surface area contributed by atoms with Gasteiger partial charge < -0.3 is 15.3 Å². The lowest BCUT2D eigenvalue weighted by molar-refractivity contribution is 0.160. The smallest absolute Gasteiger partial charge is 0.0664 e. The van der Waals surface area contributed by atoms with Crippen molar-refractivity contribution in [3.05, 3.63) is 29.8 Å². The fraction of sp³-hybridized carbons (Fsp3) is 0.625. The number of benzene rings is 1. The van der Waals surface area contributed by atoms with Crippen LogP contribution in [0, 0.1) is 0 Å². The minimum Gasteiger partial charge on any atom is -0.392 e. The van der Waals surface area contributed by atoms with E-state index in [-0.39, 0.29) is 6.10 Å². The first-order valence-electron chi connectivity index (χ1n) is 7.43. The first-order chi connectivity index (χ1) is 9.21. The van der Waals surface area contributed by atoms with Crippen molar-refractivity contribution in [3.8, 4) is 0 Å². The Labute approximate surface area is 117 Å². The summed E-state index contributed by atoms with van der Waals surface area (Å²) in [7, 11) is 0. The molecule has 0 amide bonds. The minimum atomic E-state index is -0.222. The maximum absolute atomic E-state index is 9.64. The van der Waals surface area contributed by atoms with Crippen LogP contribution in [0.2, 0.25) is 0 Å². The maximum atomic E-state index is 9.64. The van der Waals surface area contributed by atoms with Gasteiger partial charge in [-0.15, -0.1) is 0 Å². The summed E-state index contributed by atoms with van der Waals surface area (Å²) >= 11 is 0. The lowest BCUT2D eigenvalue weighted by Gasteiger charge is -2.21. The molecular weight excluding hydrogens is 236 g/mol.